The summed E-state index contributed by atoms with van der Waals surface area (Å²) in [7, 11) is 3.17. The van der Waals surface area contributed by atoms with Gasteiger partial charge in [-0.25, -0.2) is 0 Å². The maximum Gasteiger partial charge on any atom is 0.435 e. The van der Waals surface area contributed by atoms with Gasteiger partial charge >= 0.3 is 6.18 Å². The standard InChI is InChI=1S/C17H27F3N6.HI/c1-21-16(22-10-13-11-24(2)23-15(13)17(18,19)20)26-9-6-14(12-26)25-7-4-3-5-8-25;/h11,14H,3-10,12H2,1-2H3,(H,21,22);1H. The van der Waals surface area contributed by atoms with E-state index in [1.54, 1.807) is 7.05 Å². The number of aryl methyl sites for hydroxylation is 1. The van der Waals surface area contributed by atoms with Gasteiger partial charge in [0.15, 0.2) is 11.7 Å². The van der Waals surface area contributed by atoms with Crippen LogP contribution < -0.4 is 5.32 Å². The smallest absolute Gasteiger partial charge is 0.352 e. The van der Waals surface area contributed by atoms with Crippen molar-refractivity contribution in [3.63, 3.8) is 0 Å². The van der Waals surface area contributed by atoms with Crippen LogP contribution in [0.1, 0.15) is 36.9 Å². The quantitative estimate of drug-likeness (QED) is 0.394. The van der Waals surface area contributed by atoms with Crippen LogP contribution in [0.15, 0.2) is 11.2 Å². The van der Waals surface area contributed by atoms with Crippen LogP contribution in [0.25, 0.3) is 0 Å². The van der Waals surface area contributed by atoms with E-state index in [2.05, 4.69) is 25.2 Å². The van der Waals surface area contributed by atoms with Crippen molar-refractivity contribution in [1.29, 1.82) is 0 Å². The maximum absolute atomic E-state index is 13.1. The van der Waals surface area contributed by atoms with Crippen molar-refractivity contribution in [3.05, 3.63) is 17.5 Å². The number of hydrogen-bond acceptors (Lipinski definition) is 3. The van der Waals surface area contributed by atoms with Gasteiger partial charge in [0.05, 0.1) is 0 Å². The molecule has 0 aliphatic carbocycles. The Labute approximate surface area is 175 Å². The average Bonchev–Trinajstić information content (AvgIpc) is 3.23. The van der Waals surface area contributed by atoms with Gasteiger partial charge in [-0.2, -0.15) is 18.3 Å². The lowest BCUT2D eigenvalue weighted by Gasteiger charge is -2.32. The molecule has 0 bridgehead atoms. The molecule has 1 atom stereocenters. The highest BCUT2D eigenvalue weighted by Gasteiger charge is 2.37. The van der Waals surface area contributed by atoms with Gasteiger partial charge in [0, 0.05) is 51.5 Å². The van der Waals surface area contributed by atoms with Crippen LogP contribution in [0.2, 0.25) is 0 Å². The molecule has 6 nitrogen and oxygen atoms in total. The number of rotatable bonds is 3. The van der Waals surface area contributed by atoms with E-state index in [9.17, 15) is 13.2 Å². The van der Waals surface area contributed by atoms with Gasteiger partial charge in [-0.3, -0.25) is 14.6 Å². The third kappa shape index (κ3) is 5.49. The van der Waals surface area contributed by atoms with E-state index in [0.29, 0.717) is 12.0 Å². The number of aromatic nitrogens is 2. The summed E-state index contributed by atoms with van der Waals surface area (Å²) in [5.41, 5.74) is -0.705. The molecule has 1 unspecified atom stereocenters. The molecule has 0 amide bonds. The molecule has 3 heterocycles. The number of piperidine rings is 1. The Bertz CT molecular complexity index is 639. The zero-order chi connectivity index (χ0) is 18.7. The molecular weight excluding hydrogens is 472 g/mol. The molecule has 2 saturated heterocycles. The number of guanidine groups is 1. The Morgan fingerprint density at radius 2 is 1.96 bits per heavy atom. The Kier molecular flexibility index (Phi) is 7.78. The molecule has 2 aliphatic rings. The SMILES string of the molecule is CN=C(NCc1cn(C)nc1C(F)(F)F)N1CCC(N2CCCCC2)C1.I. The lowest BCUT2D eigenvalue weighted by Crippen LogP contribution is -2.44. The summed E-state index contributed by atoms with van der Waals surface area (Å²) in [5.74, 6) is 0.654. The van der Waals surface area contributed by atoms with Gasteiger partial charge in [-0.1, -0.05) is 6.42 Å². The van der Waals surface area contributed by atoms with Crippen LogP contribution in [0.4, 0.5) is 13.2 Å². The van der Waals surface area contributed by atoms with E-state index >= 15 is 0 Å². The molecule has 154 valence electrons. The van der Waals surface area contributed by atoms with Crippen LogP contribution in [-0.4, -0.2) is 64.8 Å². The minimum Gasteiger partial charge on any atom is -0.352 e. The van der Waals surface area contributed by atoms with Crippen molar-refractivity contribution in [2.75, 3.05) is 33.2 Å². The van der Waals surface area contributed by atoms with Crippen molar-refractivity contribution in [3.8, 4) is 0 Å². The summed E-state index contributed by atoms with van der Waals surface area (Å²) in [5, 5.41) is 6.63. The molecule has 0 saturated carbocycles. The van der Waals surface area contributed by atoms with E-state index in [-0.39, 0.29) is 36.1 Å². The molecule has 0 spiro atoms. The Balaban J connectivity index is 0.00000261. The molecule has 27 heavy (non-hydrogen) atoms. The topological polar surface area (TPSA) is 48.7 Å². The number of hydrogen-bond donors (Lipinski definition) is 1. The lowest BCUT2D eigenvalue weighted by atomic mass is 10.1. The van der Waals surface area contributed by atoms with Gasteiger partial charge in [-0.05, 0) is 32.4 Å². The summed E-state index contributed by atoms with van der Waals surface area (Å²) < 4.78 is 40.4. The van der Waals surface area contributed by atoms with Crippen LogP contribution in [0, 0.1) is 0 Å². The van der Waals surface area contributed by atoms with Crippen molar-refractivity contribution in [1.82, 2.24) is 24.9 Å². The first-order chi connectivity index (χ1) is 12.4. The summed E-state index contributed by atoms with van der Waals surface area (Å²) in [6.45, 7) is 4.10. The summed E-state index contributed by atoms with van der Waals surface area (Å²) >= 11 is 0. The first-order valence-corrected chi connectivity index (χ1v) is 9.18. The number of nitrogens with one attached hydrogen (secondary N) is 1. The van der Waals surface area contributed by atoms with Gasteiger partial charge in [0.1, 0.15) is 0 Å². The first-order valence-electron chi connectivity index (χ1n) is 9.18. The third-order valence-electron chi connectivity index (χ3n) is 5.19. The summed E-state index contributed by atoms with van der Waals surface area (Å²) in [4.78, 5) is 8.95. The second kappa shape index (κ2) is 9.44. The zero-order valence-electron chi connectivity index (χ0n) is 15.8. The van der Waals surface area contributed by atoms with Crippen molar-refractivity contribution < 1.29 is 13.2 Å². The monoisotopic (exact) mass is 500 g/mol. The van der Waals surface area contributed by atoms with Crippen LogP contribution in [0.5, 0.6) is 0 Å². The molecule has 1 aromatic rings. The normalized spacial score (nSPS) is 22.0. The van der Waals surface area contributed by atoms with E-state index < -0.39 is 11.9 Å². The molecule has 0 radical (unpaired) electrons. The van der Waals surface area contributed by atoms with Crippen molar-refractivity contribution in [2.45, 2.75) is 44.4 Å². The van der Waals surface area contributed by atoms with E-state index in [0.717, 1.165) is 32.6 Å². The third-order valence-corrected chi connectivity index (χ3v) is 5.19. The van der Waals surface area contributed by atoms with Gasteiger partial charge in [-0.15, -0.1) is 24.0 Å². The van der Waals surface area contributed by atoms with Gasteiger partial charge in [0.2, 0.25) is 0 Å². The highest BCUT2D eigenvalue weighted by atomic mass is 127. The molecule has 1 aromatic heterocycles. The predicted molar refractivity (Wildman–Crippen MR) is 109 cm³/mol. The number of halogens is 4. The van der Waals surface area contributed by atoms with Gasteiger partial charge in [0.25, 0.3) is 0 Å². The van der Waals surface area contributed by atoms with Gasteiger partial charge < -0.3 is 10.2 Å². The number of alkyl halides is 3. The fourth-order valence-electron chi connectivity index (χ4n) is 3.93. The summed E-state index contributed by atoms with van der Waals surface area (Å²) in [6.07, 6.45) is 1.85. The zero-order valence-corrected chi connectivity index (χ0v) is 18.1. The molecule has 1 N–H and O–H groups in total. The fraction of sp³-hybridized carbons (Fsp3) is 0.765. The first kappa shape index (κ1) is 22.3. The summed E-state index contributed by atoms with van der Waals surface area (Å²) in [6, 6.07) is 0.512. The van der Waals surface area contributed by atoms with E-state index in [1.807, 2.05) is 0 Å². The lowest BCUT2D eigenvalue weighted by molar-refractivity contribution is -0.142. The molecule has 2 aliphatic heterocycles. The molecule has 2 fully saturated rings. The number of nitrogens with zero attached hydrogens (tertiary/aromatic N) is 5. The number of aliphatic imine (C=N–C) groups is 1. The predicted octanol–water partition coefficient (Wildman–Crippen LogP) is 2.69. The highest BCUT2D eigenvalue weighted by molar-refractivity contribution is 14.0. The van der Waals surface area contributed by atoms with Crippen molar-refractivity contribution >= 4 is 29.9 Å². The minimum absolute atomic E-state index is 0. The second-order valence-corrected chi connectivity index (χ2v) is 7.06. The Morgan fingerprint density at radius 1 is 1.26 bits per heavy atom. The number of likely N-dealkylation sites (tertiary alicyclic amines) is 2. The average molecular weight is 500 g/mol. The molecular formula is C17H28F3IN6. The highest BCUT2D eigenvalue weighted by Crippen LogP contribution is 2.30. The molecule has 10 heteroatoms. The van der Waals surface area contributed by atoms with Crippen LogP contribution >= 0.6 is 24.0 Å². The molecule has 3 rings (SSSR count). The fourth-order valence-corrected chi connectivity index (χ4v) is 3.93. The minimum atomic E-state index is -4.45. The Morgan fingerprint density at radius 3 is 2.59 bits per heavy atom. The molecule has 0 aromatic carbocycles. The second-order valence-electron chi connectivity index (χ2n) is 7.06. The van der Waals surface area contributed by atoms with Crippen LogP contribution in [0.3, 0.4) is 0 Å². The van der Waals surface area contributed by atoms with E-state index in [1.165, 1.54) is 37.2 Å². The van der Waals surface area contributed by atoms with Crippen molar-refractivity contribution in [2.24, 2.45) is 12.0 Å². The largest absolute Gasteiger partial charge is 0.435 e. The Hall–Kier alpha value is -1.04. The van der Waals surface area contributed by atoms with Crippen LogP contribution in [-0.2, 0) is 19.8 Å². The maximum atomic E-state index is 13.1. The van der Waals surface area contributed by atoms with E-state index in [4.69, 9.17) is 0 Å².